The molecule has 2 unspecified atom stereocenters. The summed E-state index contributed by atoms with van der Waals surface area (Å²) in [6.07, 6.45) is -3.33. The molecule has 4 heterocycles. The number of nitrogens with zero attached hydrogens (tertiary/aromatic N) is 4. The Morgan fingerprint density at radius 1 is 1.08 bits per heavy atom. The molecule has 2 aliphatic heterocycles. The standard InChI is InChI=1S/C16H20N5O15P3/c1-7(22)20-14-11-15(18-5-17-14)21(6-19-11)16-13(32-9(3)24)12(31-8(2)23)10(33-16)4-30-39(29)35-37(25,26)34-38(27,28)36-39/h5-6,10,12-13,16H,4H2,1-3H3,(H,25,26)(H,27,28)(H,17,18,20,22)/t10-,12-,13-,16-/m1/s1. The van der Waals surface area contributed by atoms with Crippen molar-refractivity contribution in [2.45, 2.75) is 45.3 Å². The Morgan fingerprint density at radius 3 is 2.28 bits per heavy atom. The maximum absolute atomic E-state index is 12.7. The number of amides is 1. The van der Waals surface area contributed by atoms with E-state index < -0.39 is 72.8 Å². The van der Waals surface area contributed by atoms with Gasteiger partial charge in [-0.2, -0.15) is 8.83 Å². The molecule has 20 nitrogen and oxygen atoms in total. The number of carbonyl (C=O) groups is 3. The van der Waals surface area contributed by atoms with Crippen LogP contribution >= 0.6 is 23.8 Å². The number of hydrogen-bond acceptors (Lipinski definition) is 16. The number of nitrogens with one attached hydrogen (secondary N) is 1. The minimum Gasteiger partial charge on any atom is -0.605 e. The van der Waals surface area contributed by atoms with Gasteiger partial charge >= 0.3 is 35.8 Å². The summed E-state index contributed by atoms with van der Waals surface area (Å²) in [6, 6.07) is 0. The summed E-state index contributed by atoms with van der Waals surface area (Å²) in [5.74, 6) is -2.07. The second-order valence-corrected chi connectivity index (χ2v) is 12.9. The van der Waals surface area contributed by atoms with Gasteiger partial charge in [-0.25, -0.2) is 24.1 Å². The lowest BCUT2D eigenvalue weighted by molar-refractivity contribution is -0.238. The molecule has 0 aromatic carbocycles. The van der Waals surface area contributed by atoms with Gasteiger partial charge in [-0.1, -0.05) is 8.62 Å². The van der Waals surface area contributed by atoms with Crippen molar-refractivity contribution in [3.8, 4) is 0 Å². The molecule has 4 rings (SSSR count). The van der Waals surface area contributed by atoms with E-state index in [0.29, 0.717) is 0 Å². The van der Waals surface area contributed by atoms with Crippen LogP contribution in [-0.4, -0.2) is 72.1 Å². The average Bonchev–Trinajstić information content (AvgIpc) is 3.31. The van der Waals surface area contributed by atoms with E-state index in [2.05, 4.69) is 33.2 Å². The summed E-state index contributed by atoms with van der Waals surface area (Å²) in [4.78, 5) is 79.1. The van der Waals surface area contributed by atoms with Crippen molar-refractivity contribution in [3.05, 3.63) is 12.7 Å². The van der Waals surface area contributed by atoms with Gasteiger partial charge in [0, 0.05) is 20.8 Å². The van der Waals surface area contributed by atoms with E-state index in [4.69, 9.17) is 18.7 Å². The first-order chi connectivity index (χ1) is 18.1. The monoisotopic (exact) mass is 615 g/mol. The third-order valence-corrected chi connectivity index (χ3v) is 10.2. The number of anilines is 1. The fourth-order valence-corrected chi connectivity index (χ4v) is 8.59. The van der Waals surface area contributed by atoms with Crippen LogP contribution in [0.2, 0.25) is 0 Å². The zero-order valence-electron chi connectivity index (χ0n) is 20.0. The lowest BCUT2D eigenvalue weighted by atomic mass is 10.1. The fourth-order valence-electron chi connectivity index (χ4n) is 3.65. The van der Waals surface area contributed by atoms with Gasteiger partial charge in [0.1, 0.15) is 19.0 Å². The van der Waals surface area contributed by atoms with Gasteiger partial charge in [-0.05, 0) is 0 Å². The second kappa shape index (κ2) is 10.8. The van der Waals surface area contributed by atoms with Crippen molar-refractivity contribution in [2.75, 3.05) is 11.9 Å². The number of imidazole rings is 1. The number of fused-ring (bicyclic) bond motifs is 1. The maximum Gasteiger partial charge on any atom is 0.519 e. The summed E-state index contributed by atoms with van der Waals surface area (Å²) < 4.78 is 58.3. The summed E-state index contributed by atoms with van der Waals surface area (Å²) in [7, 11) is -15.9. The van der Waals surface area contributed by atoms with Crippen molar-refractivity contribution in [3.63, 3.8) is 0 Å². The molecule has 214 valence electrons. The molecular formula is C16H20N5O15P3. The highest BCUT2D eigenvalue weighted by molar-refractivity contribution is 7.76. The zero-order valence-corrected chi connectivity index (χ0v) is 22.7. The van der Waals surface area contributed by atoms with Crippen molar-refractivity contribution in [2.24, 2.45) is 0 Å². The Hall–Kier alpha value is -2.47. The van der Waals surface area contributed by atoms with Gasteiger partial charge < -0.3 is 24.4 Å². The number of rotatable bonds is 7. The Bertz CT molecular complexity index is 1380. The predicted molar refractivity (Wildman–Crippen MR) is 120 cm³/mol. The van der Waals surface area contributed by atoms with E-state index in [1.165, 1.54) is 17.8 Å². The Kier molecular flexibility index (Phi) is 8.20. The van der Waals surface area contributed by atoms with Gasteiger partial charge in [0.25, 0.3) is 0 Å². The van der Waals surface area contributed by atoms with Crippen LogP contribution in [0.15, 0.2) is 12.7 Å². The smallest absolute Gasteiger partial charge is 0.519 e. The van der Waals surface area contributed by atoms with E-state index in [1.807, 2.05) is 0 Å². The average molecular weight is 615 g/mol. The van der Waals surface area contributed by atoms with E-state index in [-0.39, 0.29) is 17.0 Å². The number of carbonyl (C=O) groups excluding carboxylic acids is 3. The van der Waals surface area contributed by atoms with Crippen molar-refractivity contribution in [1.82, 2.24) is 19.5 Å². The van der Waals surface area contributed by atoms with Crippen LogP contribution < -0.4 is 10.2 Å². The SMILES string of the molecule is CC(=O)Nc1ncnc2c1ncn2[C@@H]1O[C@H](CO[P+]2([O-])OP(=O)(O)OP(=O)(O)O2)[C@@H](OC(C)=O)[C@H]1OC(C)=O. The molecule has 3 N–H and O–H groups in total. The molecule has 23 heteroatoms. The number of aromatic nitrogens is 4. The summed E-state index contributed by atoms with van der Waals surface area (Å²) in [5.41, 5.74) is 0.206. The molecule has 1 amide bonds. The van der Waals surface area contributed by atoms with Crippen molar-refractivity contribution in [1.29, 1.82) is 0 Å². The van der Waals surface area contributed by atoms with Gasteiger partial charge in [-0.15, -0.1) is 0 Å². The Balaban J connectivity index is 1.67. The first-order valence-electron chi connectivity index (χ1n) is 10.6. The minimum absolute atomic E-state index is 0.0541. The number of esters is 2. The van der Waals surface area contributed by atoms with Crippen LogP contribution in [0.4, 0.5) is 5.82 Å². The largest absolute Gasteiger partial charge is 0.605 e. The molecular weight excluding hydrogens is 595 g/mol. The molecule has 0 bridgehead atoms. The predicted octanol–water partition coefficient (Wildman–Crippen LogP) is -0.136. The highest BCUT2D eigenvalue weighted by Gasteiger charge is 2.60. The van der Waals surface area contributed by atoms with Crippen LogP contribution in [-0.2, 0) is 55.2 Å². The van der Waals surface area contributed by atoms with Crippen LogP contribution in [0, 0.1) is 0 Å². The van der Waals surface area contributed by atoms with Crippen LogP contribution in [0.1, 0.15) is 27.0 Å². The Labute approximate surface area is 218 Å². The summed E-state index contributed by atoms with van der Waals surface area (Å²) in [6.45, 7) is 2.43. The first-order valence-corrected chi connectivity index (χ1v) is 15.0. The van der Waals surface area contributed by atoms with Crippen LogP contribution in [0.5, 0.6) is 0 Å². The molecule has 2 fully saturated rings. The van der Waals surface area contributed by atoms with Crippen molar-refractivity contribution >= 4 is 58.6 Å². The first kappa shape index (κ1) is 29.5. The highest BCUT2D eigenvalue weighted by atomic mass is 31.3. The quantitative estimate of drug-likeness (QED) is 0.270. The topological polar surface area (TPSA) is 269 Å². The molecule has 39 heavy (non-hydrogen) atoms. The van der Waals surface area contributed by atoms with E-state index in [0.717, 1.165) is 20.2 Å². The molecule has 2 aromatic heterocycles. The highest BCUT2D eigenvalue weighted by Crippen LogP contribution is 2.81. The van der Waals surface area contributed by atoms with Crippen LogP contribution in [0.3, 0.4) is 0 Å². The lowest BCUT2D eigenvalue weighted by Crippen LogP contribution is -2.40. The van der Waals surface area contributed by atoms with Crippen molar-refractivity contribution < 1.29 is 69.9 Å². The fraction of sp³-hybridized carbons (Fsp3) is 0.500. The number of phosphoric acid groups is 3. The summed E-state index contributed by atoms with van der Waals surface area (Å²) in [5, 5.41) is 2.48. The van der Waals surface area contributed by atoms with Gasteiger partial charge in [0.2, 0.25) is 5.91 Å². The molecule has 6 atom stereocenters. The third-order valence-electron chi connectivity index (χ3n) is 4.83. The number of ether oxygens (including phenoxy) is 3. The normalized spacial score (nSPS) is 34.5. The van der Waals surface area contributed by atoms with Gasteiger partial charge in [-0.3, -0.25) is 28.7 Å². The maximum atomic E-state index is 12.7. The molecule has 0 saturated carbocycles. The second-order valence-electron chi connectivity index (χ2n) is 7.87. The van der Waals surface area contributed by atoms with Gasteiger partial charge in [0.05, 0.1) is 6.33 Å². The van der Waals surface area contributed by atoms with Crippen LogP contribution in [0.25, 0.3) is 11.2 Å². The molecule has 0 aliphatic carbocycles. The molecule has 0 radical (unpaired) electrons. The summed E-state index contributed by atoms with van der Waals surface area (Å²) >= 11 is 0. The van der Waals surface area contributed by atoms with E-state index in [9.17, 15) is 38.2 Å². The number of hydrogen-bond donors (Lipinski definition) is 3. The van der Waals surface area contributed by atoms with E-state index in [1.54, 1.807) is 0 Å². The third kappa shape index (κ3) is 6.82. The molecule has 2 saturated heterocycles. The molecule has 0 spiro atoms. The molecule has 2 aromatic rings. The zero-order chi connectivity index (χ0) is 28.8. The van der Waals surface area contributed by atoms with E-state index >= 15 is 0 Å². The Morgan fingerprint density at radius 2 is 1.69 bits per heavy atom. The molecule has 2 aliphatic rings. The lowest BCUT2D eigenvalue weighted by Gasteiger charge is -2.31. The minimum atomic E-state index is -5.33. The van der Waals surface area contributed by atoms with Gasteiger partial charge in [0.15, 0.2) is 35.4 Å².